The Kier molecular flexibility index (Phi) is 4.93. The number of nitrogens with one attached hydrogen (secondary N) is 1. The van der Waals surface area contributed by atoms with Crippen molar-refractivity contribution in [2.45, 2.75) is 33.6 Å². The first-order valence-corrected chi connectivity index (χ1v) is 7.42. The minimum absolute atomic E-state index is 0.856. The van der Waals surface area contributed by atoms with Crippen LogP contribution >= 0.6 is 11.3 Å². The van der Waals surface area contributed by atoms with E-state index in [0.29, 0.717) is 0 Å². The molecule has 0 fully saturated rings. The standard InChI is InChI=1S/C13H19N5S/c1-4-11-10(8-9(3)15-16-11)13-18-17-12(19-13)6-7-14-5-2/h8,14H,4-7H2,1-3H3. The van der Waals surface area contributed by atoms with Gasteiger partial charge >= 0.3 is 0 Å². The van der Waals surface area contributed by atoms with Crippen LogP contribution in [0.2, 0.25) is 0 Å². The Morgan fingerprint density at radius 3 is 2.74 bits per heavy atom. The SMILES string of the molecule is CCNCCc1nnc(-c2cc(C)nnc2CC)s1. The quantitative estimate of drug-likeness (QED) is 0.818. The highest BCUT2D eigenvalue weighted by molar-refractivity contribution is 7.14. The number of nitrogens with zero attached hydrogens (tertiary/aromatic N) is 4. The Balaban J connectivity index is 2.20. The molecule has 0 bridgehead atoms. The predicted molar refractivity (Wildman–Crippen MR) is 77.3 cm³/mol. The van der Waals surface area contributed by atoms with Crippen molar-refractivity contribution in [1.29, 1.82) is 0 Å². The van der Waals surface area contributed by atoms with E-state index in [4.69, 9.17) is 0 Å². The molecule has 6 heteroatoms. The minimum Gasteiger partial charge on any atom is -0.317 e. The zero-order valence-corrected chi connectivity index (χ0v) is 12.4. The van der Waals surface area contributed by atoms with Crippen LogP contribution in [0.1, 0.15) is 30.2 Å². The van der Waals surface area contributed by atoms with Gasteiger partial charge in [-0.3, -0.25) is 0 Å². The summed E-state index contributed by atoms with van der Waals surface area (Å²) in [6, 6.07) is 2.04. The van der Waals surface area contributed by atoms with Crippen LogP contribution in [0.5, 0.6) is 0 Å². The maximum atomic E-state index is 4.29. The summed E-state index contributed by atoms with van der Waals surface area (Å²) in [5.74, 6) is 0. The molecule has 0 aliphatic carbocycles. The summed E-state index contributed by atoms with van der Waals surface area (Å²) in [6.07, 6.45) is 1.78. The van der Waals surface area contributed by atoms with Crippen molar-refractivity contribution >= 4 is 11.3 Å². The van der Waals surface area contributed by atoms with Crippen LogP contribution in [-0.2, 0) is 12.8 Å². The molecule has 2 rings (SSSR count). The number of hydrogen-bond acceptors (Lipinski definition) is 6. The second-order valence-electron chi connectivity index (χ2n) is 4.30. The van der Waals surface area contributed by atoms with E-state index in [2.05, 4.69) is 39.6 Å². The topological polar surface area (TPSA) is 63.6 Å². The van der Waals surface area contributed by atoms with Gasteiger partial charge in [0, 0.05) is 18.5 Å². The predicted octanol–water partition coefficient (Wildman–Crippen LogP) is 2.02. The Labute approximate surface area is 117 Å². The van der Waals surface area contributed by atoms with E-state index < -0.39 is 0 Å². The molecule has 2 aromatic rings. The molecule has 0 saturated carbocycles. The molecule has 0 aromatic carbocycles. The minimum atomic E-state index is 0.856. The van der Waals surface area contributed by atoms with E-state index in [0.717, 1.165) is 52.9 Å². The highest BCUT2D eigenvalue weighted by atomic mass is 32.1. The largest absolute Gasteiger partial charge is 0.317 e. The van der Waals surface area contributed by atoms with Gasteiger partial charge < -0.3 is 5.32 Å². The summed E-state index contributed by atoms with van der Waals surface area (Å²) >= 11 is 1.64. The first kappa shape index (κ1) is 14.0. The van der Waals surface area contributed by atoms with Gasteiger partial charge in [-0.25, -0.2) is 0 Å². The fraction of sp³-hybridized carbons (Fsp3) is 0.538. The van der Waals surface area contributed by atoms with Crippen LogP contribution in [0.3, 0.4) is 0 Å². The van der Waals surface area contributed by atoms with Crippen molar-refractivity contribution < 1.29 is 0 Å². The number of aryl methyl sites for hydroxylation is 2. The van der Waals surface area contributed by atoms with Crippen molar-refractivity contribution in [3.8, 4) is 10.6 Å². The zero-order valence-electron chi connectivity index (χ0n) is 11.6. The van der Waals surface area contributed by atoms with Crippen LogP contribution in [0.15, 0.2) is 6.07 Å². The molecule has 102 valence electrons. The van der Waals surface area contributed by atoms with E-state index in [-0.39, 0.29) is 0 Å². The monoisotopic (exact) mass is 277 g/mol. The molecule has 0 radical (unpaired) electrons. The molecule has 0 atom stereocenters. The lowest BCUT2D eigenvalue weighted by Gasteiger charge is -2.02. The van der Waals surface area contributed by atoms with E-state index in [1.54, 1.807) is 11.3 Å². The van der Waals surface area contributed by atoms with Gasteiger partial charge in [0.25, 0.3) is 0 Å². The van der Waals surface area contributed by atoms with Gasteiger partial charge in [0.2, 0.25) is 0 Å². The lowest BCUT2D eigenvalue weighted by atomic mass is 10.1. The third kappa shape index (κ3) is 3.54. The number of rotatable bonds is 6. The van der Waals surface area contributed by atoms with E-state index in [1.165, 1.54) is 0 Å². The highest BCUT2D eigenvalue weighted by Gasteiger charge is 2.12. The normalized spacial score (nSPS) is 10.9. The maximum Gasteiger partial charge on any atom is 0.149 e. The Hall–Kier alpha value is -1.40. The molecular formula is C13H19N5S. The lowest BCUT2D eigenvalue weighted by Crippen LogP contribution is -2.15. The number of aromatic nitrogens is 4. The fourth-order valence-electron chi connectivity index (χ4n) is 1.80. The van der Waals surface area contributed by atoms with E-state index in [1.807, 2.05) is 13.0 Å². The third-order valence-electron chi connectivity index (χ3n) is 2.79. The molecule has 5 nitrogen and oxygen atoms in total. The molecule has 0 saturated heterocycles. The molecule has 2 heterocycles. The Morgan fingerprint density at radius 1 is 1.16 bits per heavy atom. The van der Waals surface area contributed by atoms with Gasteiger partial charge in [-0.2, -0.15) is 10.2 Å². The molecule has 2 aromatic heterocycles. The van der Waals surface area contributed by atoms with Crippen LogP contribution in [0.25, 0.3) is 10.6 Å². The van der Waals surface area contributed by atoms with Crippen molar-refractivity contribution in [1.82, 2.24) is 25.7 Å². The lowest BCUT2D eigenvalue weighted by molar-refractivity contribution is 0.710. The number of likely N-dealkylation sites (N-methyl/N-ethyl adjacent to an activating group) is 1. The van der Waals surface area contributed by atoms with Gasteiger partial charge in [-0.15, -0.1) is 10.2 Å². The van der Waals surface area contributed by atoms with Crippen LogP contribution < -0.4 is 5.32 Å². The van der Waals surface area contributed by atoms with Gasteiger partial charge in [-0.05, 0) is 26.0 Å². The second kappa shape index (κ2) is 6.68. The molecule has 0 aliphatic rings. The van der Waals surface area contributed by atoms with Crippen LogP contribution in [-0.4, -0.2) is 33.5 Å². The molecule has 0 unspecified atom stereocenters. The summed E-state index contributed by atoms with van der Waals surface area (Å²) in [4.78, 5) is 0. The summed E-state index contributed by atoms with van der Waals surface area (Å²) in [7, 11) is 0. The van der Waals surface area contributed by atoms with Gasteiger partial charge in [-0.1, -0.05) is 25.2 Å². The average Bonchev–Trinajstić information content (AvgIpc) is 2.88. The maximum absolute atomic E-state index is 4.29. The highest BCUT2D eigenvalue weighted by Crippen LogP contribution is 2.26. The zero-order chi connectivity index (χ0) is 13.7. The summed E-state index contributed by atoms with van der Waals surface area (Å²) in [5, 5.41) is 22.2. The molecule has 0 spiro atoms. The van der Waals surface area contributed by atoms with Crippen molar-refractivity contribution in [2.24, 2.45) is 0 Å². The molecule has 0 amide bonds. The fourth-order valence-corrected chi connectivity index (χ4v) is 2.67. The smallest absolute Gasteiger partial charge is 0.149 e. The number of hydrogen-bond donors (Lipinski definition) is 1. The molecule has 1 N–H and O–H groups in total. The molecule has 19 heavy (non-hydrogen) atoms. The van der Waals surface area contributed by atoms with Gasteiger partial charge in [0.1, 0.15) is 10.0 Å². The second-order valence-corrected chi connectivity index (χ2v) is 5.37. The Bertz CT molecular complexity index is 538. The van der Waals surface area contributed by atoms with E-state index >= 15 is 0 Å². The van der Waals surface area contributed by atoms with Gasteiger partial charge in [0.05, 0.1) is 11.4 Å². The summed E-state index contributed by atoms with van der Waals surface area (Å²) < 4.78 is 0. The van der Waals surface area contributed by atoms with Crippen LogP contribution in [0, 0.1) is 6.92 Å². The first-order valence-electron chi connectivity index (χ1n) is 6.61. The first-order chi connectivity index (χ1) is 9.24. The van der Waals surface area contributed by atoms with Crippen molar-refractivity contribution in [2.75, 3.05) is 13.1 Å². The molecular weight excluding hydrogens is 258 g/mol. The Morgan fingerprint density at radius 2 is 2.00 bits per heavy atom. The average molecular weight is 277 g/mol. The van der Waals surface area contributed by atoms with Crippen LogP contribution in [0.4, 0.5) is 0 Å². The third-order valence-corrected chi connectivity index (χ3v) is 3.81. The van der Waals surface area contributed by atoms with E-state index in [9.17, 15) is 0 Å². The summed E-state index contributed by atoms with van der Waals surface area (Å²) in [5.41, 5.74) is 2.97. The van der Waals surface area contributed by atoms with Crippen molar-refractivity contribution in [3.05, 3.63) is 22.5 Å². The molecule has 0 aliphatic heterocycles. The summed E-state index contributed by atoms with van der Waals surface area (Å²) in [6.45, 7) is 8.06. The van der Waals surface area contributed by atoms with Gasteiger partial charge in [0.15, 0.2) is 0 Å². The van der Waals surface area contributed by atoms with Crippen molar-refractivity contribution in [3.63, 3.8) is 0 Å².